The molecule has 118 valence electrons. The minimum atomic E-state index is -0.967. The molecule has 0 bridgehead atoms. The van der Waals surface area contributed by atoms with Crippen LogP contribution in [0, 0.1) is 0 Å². The van der Waals surface area contributed by atoms with Gasteiger partial charge in [-0.05, 0) is 26.0 Å². The maximum absolute atomic E-state index is 12.1. The first kappa shape index (κ1) is 16.0. The molecule has 2 amide bonds. The number of aromatic amines is 1. The molecule has 6 nitrogen and oxygen atoms in total. The zero-order valence-corrected chi connectivity index (χ0v) is 13.0. The number of hydrogen-bond acceptors (Lipinski definition) is 3. The molecular formula is C16H21N3O3. The second-order valence-corrected chi connectivity index (χ2v) is 6.02. The van der Waals surface area contributed by atoms with Crippen molar-refractivity contribution in [1.82, 2.24) is 15.2 Å². The number of amides is 2. The summed E-state index contributed by atoms with van der Waals surface area (Å²) < 4.78 is 0. The third kappa shape index (κ3) is 4.08. The summed E-state index contributed by atoms with van der Waals surface area (Å²) in [5.74, 6) is -0.590. The summed E-state index contributed by atoms with van der Waals surface area (Å²) in [4.78, 5) is 28.4. The minimum absolute atomic E-state index is 0.110. The van der Waals surface area contributed by atoms with Crippen molar-refractivity contribution in [2.45, 2.75) is 19.4 Å². The Kier molecular flexibility index (Phi) is 4.51. The van der Waals surface area contributed by atoms with Gasteiger partial charge in [-0.25, -0.2) is 0 Å². The second kappa shape index (κ2) is 6.19. The number of benzene rings is 1. The van der Waals surface area contributed by atoms with E-state index in [2.05, 4.69) is 10.3 Å². The molecule has 0 aliphatic heterocycles. The Hall–Kier alpha value is -2.34. The maximum atomic E-state index is 12.1. The average molecular weight is 303 g/mol. The lowest BCUT2D eigenvalue weighted by atomic mass is 10.1. The number of likely N-dealkylation sites (N-methyl/N-ethyl adjacent to an activating group) is 1. The number of fused-ring (bicyclic) bond motifs is 1. The van der Waals surface area contributed by atoms with Crippen LogP contribution in [0.15, 0.2) is 30.3 Å². The first-order valence-electron chi connectivity index (χ1n) is 7.08. The van der Waals surface area contributed by atoms with E-state index in [1.54, 1.807) is 27.0 Å². The van der Waals surface area contributed by atoms with Gasteiger partial charge in [0.2, 0.25) is 5.91 Å². The van der Waals surface area contributed by atoms with Crippen molar-refractivity contribution in [1.29, 1.82) is 0 Å². The summed E-state index contributed by atoms with van der Waals surface area (Å²) in [7, 11) is 1.59. The first-order valence-corrected chi connectivity index (χ1v) is 7.08. The van der Waals surface area contributed by atoms with Crippen LogP contribution in [0.25, 0.3) is 10.9 Å². The van der Waals surface area contributed by atoms with Crippen molar-refractivity contribution in [3.05, 3.63) is 36.0 Å². The van der Waals surface area contributed by atoms with E-state index in [0.717, 1.165) is 10.9 Å². The number of H-pyrrole nitrogens is 1. The van der Waals surface area contributed by atoms with Gasteiger partial charge in [0, 0.05) is 24.5 Å². The number of aliphatic hydroxyl groups is 1. The number of nitrogens with zero attached hydrogens (tertiary/aromatic N) is 1. The molecule has 1 aromatic carbocycles. The van der Waals surface area contributed by atoms with E-state index < -0.39 is 5.60 Å². The van der Waals surface area contributed by atoms with Gasteiger partial charge < -0.3 is 20.3 Å². The minimum Gasteiger partial charge on any atom is -0.389 e. The molecule has 0 aliphatic carbocycles. The van der Waals surface area contributed by atoms with Gasteiger partial charge in [-0.2, -0.15) is 0 Å². The first-order chi connectivity index (χ1) is 10.3. The number of carbonyl (C=O) groups is 2. The highest BCUT2D eigenvalue weighted by atomic mass is 16.3. The molecule has 3 N–H and O–H groups in total. The molecule has 0 spiro atoms. The highest BCUT2D eigenvalue weighted by molar-refractivity contribution is 5.99. The van der Waals surface area contributed by atoms with Gasteiger partial charge in [0.15, 0.2) is 0 Å². The fraction of sp³-hybridized carbons (Fsp3) is 0.375. The maximum Gasteiger partial charge on any atom is 0.268 e. The Morgan fingerprint density at radius 3 is 2.64 bits per heavy atom. The van der Waals surface area contributed by atoms with Crippen molar-refractivity contribution in [3.63, 3.8) is 0 Å². The van der Waals surface area contributed by atoms with Gasteiger partial charge in [0.05, 0.1) is 12.1 Å². The van der Waals surface area contributed by atoms with E-state index in [0.29, 0.717) is 5.69 Å². The van der Waals surface area contributed by atoms with Crippen LogP contribution >= 0.6 is 0 Å². The van der Waals surface area contributed by atoms with E-state index >= 15 is 0 Å². The lowest BCUT2D eigenvalue weighted by Gasteiger charge is -2.25. The van der Waals surface area contributed by atoms with Gasteiger partial charge in [0.1, 0.15) is 5.69 Å². The molecule has 22 heavy (non-hydrogen) atoms. The van der Waals surface area contributed by atoms with Crippen molar-refractivity contribution >= 4 is 22.7 Å². The molecule has 1 heterocycles. The van der Waals surface area contributed by atoms with E-state index in [9.17, 15) is 14.7 Å². The van der Waals surface area contributed by atoms with Crippen molar-refractivity contribution in [3.8, 4) is 0 Å². The van der Waals surface area contributed by atoms with Crippen LogP contribution in [0.5, 0.6) is 0 Å². The Balaban J connectivity index is 1.93. The van der Waals surface area contributed by atoms with Crippen LogP contribution in [0.4, 0.5) is 0 Å². The lowest BCUT2D eigenvalue weighted by Crippen LogP contribution is -2.44. The van der Waals surface area contributed by atoms with Crippen molar-refractivity contribution < 1.29 is 14.7 Å². The standard InChI is InChI=1S/C16H21N3O3/c1-16(2,22)10-19(3)14(20)9-17-15(21)13-8-11-6-4-5-7-12(11)18-13/h4-8,18,22H,9-10H2,1-3H3,(H,17,21). The largest absolute Gasteiger partial charge is 0.389 e. The molecule has 0 atom stereocenters. The summed E-state index contributed by atoms with van der Waals surface area (Å²) in [6.45, 7) is 3.34. The molecule has 0 saturated heterocycles. The van der Waals surface area contributed by atoms with Crippen LogP contribution in [-0.4, -0.2) is 52.5 Å². The van der Waals surface area contributed by atoms with Crippen molar-refractivity contribution in [2.24, 2.45) is 0 Å². The quantitative estimate of drug-likeness (QED) is 0.774. The van der Waals surface area contributed by atoms with Gasteiger partial charge in [-0.15, -0.1) is 0 Å². The molecular weight excluding hydrogens is 282 g/mol. The molecule has 0 aliphatic rings. The molecule has 2 aromatic rings. The predicted octanol–water partition coefficient (Wildman–Crippen LogP) is 1.13. The van der Waals surface area contributed by atoms with Crippen LogP contribution < -0.4 is 5.32 Å². The lowest BCUT2D eigenvalue weighted by molar-refractivity contribution is -0.131. The highest BCUT2D eigenvalue weighted by Crippen LogP contribution is 2.14. The molecule has 0 fully saturated rings. The molecule has 6 heteroatoms. The summed E-state index contributed by atoms with van der Waals surface area (Å²) in [5.41, 5.74) is 0.322. The fourth-order valence-corrected chi connectivity index (χ4v) is 2.25. The Labute approximate surface area is 129 Å². The molecule has 0 radical (unpaired) electrons. The number of aromatic nitrogens is 1. The van der Waals surface area contributed by atoms with Gasteiger partial charge in [-0.1, -0.05) is 18.2 Å². The van der Waals surface area contributed by atoms with Gasteiger partial charge in [-0.3, -0.25) is 9.59 Å². The molecule has 1 aromatic heterocycles. The number of rotatable bonds is 5. The number of para-hydroxylation sites is 1. The van der Waals surface area contributed by atoms with Crippen LogP contribution in [0.1, 0.15) is 24.3 Å². The predicted molar refractivity (Wildman–Crippen MR) is 84.6 cm³/mol. The normalized spacial score (nSPS) is 11.5. The number of nitrogens with one attached hydrogen (secondary N) is 2. The third-order valence-electron chi connectivity index (χ3n) is 3.22. The Bertz CT molecular complexity index is 652. The summed E-state index contributed by atoms with van der Waals surface area (Å²) >= 11 is 0. The van der Waals surface area contributed by atoms with Gasteiger partial charge >= 0.3 is 0 Å². The van der Waals surface area contributed by atoms with E-state index in [4.69, 9.17) is 0 Å². The summed E-state index contributed by atoms with van der Waals surface area (Å²) in [6, 6.07) is 9.32. The van der Waals surface area contributed by atoms with Gasteiger partial charge in [0.25, 0.3) is 5.91 Å². The smallest absolute Gasteiger partial charge is 0.268 e. The van der Waals surface area contributed by atoms with Crippen LogP contribution in [-0.2, 0) is 4.79 Å². The van der Waals surface area contributed by atoms with Crippen molar-refractivity contribution in [2.75, 3.05) is 20.1 Å². The zero-order valence-electron chi connectivity index (χ0n) is 13.0. The SMILES string of the molecule is CN(CC(C)(C)O)C(=O)CNC(=O)c1cc2ccccc2[nH]1. The van der Waals surface area contributed by atoms with Crippen LogP contribution in [0.3, 0.4) is 0 Å². The topological polar surface area (TPSA) is 85.4 Å². The second-order valence-electron chi connectivity index (χ2n) is 6.02. The molecule has 0 saturated carbocycles. The molecule has 2 rings (SSSR count). The van der Waals surface area contributed by atoms with Crippen LogP contribution in [0.2, 0.25) is 0 Å². The number of carbonyl (C=O) groups excluding carboxylic acids is 2. The van der Waals surface area contributed by atoms with E-state index in [1.807, 2.05) is 24.3 Å². The average Bonchev–Trinajstić information content (AvgIpc) is 2.86. The third-order valence-corrected chi connectivity index (χ3v) is 3.22. The summed E-state index contributed by atoms with van der Waals surface area (Å²) in [5, 5.41) is 13.2. The van der Waals surface area contributed by atoms with E-state index in [1.165, 1.54) is 4.90 Å². The fourth-order valence-electron chi connectivity index (χ4n) is 2.25. The highest BCUT2D eigenvalue weighted by Gasteiger charge is 2.20. The monoisotopic (exact) mass is 303 g/mol. The van der Waals surface area contributed by atoms with E-state index in [-0.39, 0.29) is 24.9 Å². The Morgan fingerprint density at radius 1 is 1.32 bits per heavy atom. The number of hydrogen-bond donors (Lipinski definition) is 3. The summed E-state index contributed by atoms with van der Waals surface area (Å²) in [6.07, 6.45) is 0. The molecule has 0 unspecified atom stereocenters. The zero-order chi connectivity index (χ0) is 16.3. The Morgan fingerprint density at radius 2 is 2.00 bits per heavy atom.